The van der Waals surface area contributed by atoms with Gasteiger partial charge in [0.1, 0.15) is 10.7 Å². The number of hydrogen-bond acceptors (Lipinski definition) is 4. The quantitative estimate of drug-likeness (QED) is 0.869. The SMILES string of the molecule is OC(CNCc1cnc2cnc(Br)cn12)C(F)F. The highest BCUT2D eigenvalue weighted by atomic mass is 79.9. The molecule has 0 spiro atoms. The van der Waals surface area contributed by atoms with E-state index in [2.05, 4.69) is 31.2 Å². The third kappa shape index (κ3) is 3.01. The highest BCUT2D eigenvalue weighted by Crippen LogP contribution is 2.10. The lowest BCUT2D eigenvalue weighted by Gasteiger charge is -2.10. The molecule has 2 heterocycles. The average Bonchev–Trinajstić information content (AvgIpc) is 2.71. The monoisotopic (exact) mass is 320 g/mol. The Morgan fingerprint density at radius 1 is 1.39 bits per heavy atom. The lowest BCUT2D eigenvalue weighted by atomic mass is 10.3. The minimum absolute atomic E-state index is 0.169. The standard InChI is InChI=1S/C10H11BrF2N4O/c11-8-5-17-6(2-16-9(17)4-15-8)1-14-3-7(18)10(12)13/h2,4-5,7,10,14,18H,1,3H2. The molecule has 0 radical (unpaired) electrons. The van der Waals surface area contributed by atoms with Crippen LogP contribution in [0.5, 0.6) is 0 Å². The molecule has 0 aliphatic carbocycles. The van der Waals surface area contributed by atoms with E-state index in [-0.39, 0.29) is 6.54 Å². The normalized spacial score (nSPS) is 13.4. The first-order valence-corrected chi connectivity index (χ1v) is 6.01. The van der Waals surface area contributed by atoms with E-state index in [0.29, 0.717) is 16.8 Å². The molecule has 2 N–H and O–H groups in total. The third-order valence-corrected chi connectivity index (χ3v) is 2.80. The van der Waals surface area contributed by atoms with Crippen LogP contribution in [0, 0.1) is 0 Å². The van der Waals surface area contributed by atoms with E-state index in [1.807, 2.05) is 0 Å². The van der Waals surface area contributed by atoms with E-state index in [1.165, 1.54) is 0 Å². The van der Waals surface area contributed by atoms with Gasteiger partial charge in [0.25, 0.3) is 6.43 Å². The second kappa shape index (κ2) is 5.68. The number of imidazole rings is 1. The summed E-state index contributed by atoms with van der Waals surface area (Å²) in [7, 11) is 0. The number of aliphatic hydroxyl groups is 1. The van der Waals surface area contributed by atoms with E-state index < -0.39 is 12.5 Å². The zero-order chi connectivity index (χ0) is 13.1. The van der Waals surface area contributed by atoms with Crippen LogP contribution in [0.25, 0.3) is 5.65 Å². The van der Waals surface area contributed by atoms with Crippen LogP contribution in [0.1, 0.15) is 5.69 Å². The van der Waals surface area contributed by atoms with E-state index in [0.717, 1.165) is 5.69 Å². The maximum absolute atomic E-state index is 12.1. The summed E-state index contributed by atoms with van der Waals surface area (Å²) in [5, 5.41) is 11.7. The summed E-state index contributed by atoms with van der Waals surface area (Å²) in [6.45, 7) is 0.165. The number of aliphatic hydroxyl groups excluding tert-OH is 1. The van der Waals surface area contributed by atoms with Crippen LogP contribution >= 0.6 is 15.9 Å². The Morgan fingerprint density at radius 2 is 2.17 bits per heavy atom. The zero-order valence-electron chi connectivity index (χ0n) is 9.22. The van der Waals surface area contributed by atoms with Crippen molar-refractivity contribution in [2.75, 3.05) is 6.54 Å². The maximum atomic E-state index is 12.1. The van der Waals surface area contributed by atoms with Crippen LogP contribution in [0.2, 0.25) is 0 Å². The lowest BCUT2D eigenvalue weighted by molar-refractivity contribution is -0.00345. The van der Waals surface area contributed by atoms with Gasteiger partial charge >= 0.3 is 0 Å². The number of hydrogen-bond donors (Lipinski definition) is 2. The van der Waals surface area contributed by atoms with Crippen LogP contribution in [0.4, 0.5) is 8.78 Å². The Morgan fingerprint density at radius 3 is 2.89 bits per heavy atom. The molecule has 2 rings (SSSR count). The Bertz CT molecular complexity index is 534. The van der Waals surface area contributed by atoms with Gasteiger partial charge in [-0.05, 0) is 15.9 Å². The first-order chi connectivity index (χ1) is 8.58. The summed E-state index contributed by atoms with van der Waals surface area (Å²) in [6.07, 6.45) is 0.575. The molecule has 98 valence electrons. The summed E-state index contributed by atoms with van der Waals surface area (Å²) < 4.78 is 26.6. The molecule has 0 saturated carbocycles. The number of nitrogens with zero attached hydrogens (tertiary/aromatic N) is 3. The second-order valence-corrected chi connectivity index (χ2v) is 4.53. The number of aromatic nitrogens is 3. The smallest absolute Gasteiger partial charge is 0.265 e. The van der Waals surface area contributed by atoms with Gasteiger partial charge in [0, 0.05) is 19.3 Å². The van der Waals surface area contributed by atoms with Gasteiger partial charge in [-0.1, -0.05) is 0 Å². The van der Waals surface area contributed by atoms with Crippen molar-refractivity contribution in [3.63, 3.8) is 0 Å². The van der Waals surface area contributed by atoms with Gasteiger partial charge in [-0.15, -0.1) is 0 Å². The van der Waals surface area contributed by atoms with E-state index in [1.54, 1.807) is 23.0 Å². The van der Waals surface area contributed by atoms with Crippen molar-refractivity contribution in [1.82, 2.24) is 19.7 Å². The molecule has 0 fully saturated rings. The first kappa shape index (κ1) is 13.3. The largest absolute Gasteiger partial charge is 0.386 e. The van der Waals surface area contributed by atoms with Crippen molar-refractivity contribution in [2.45, 2.75) is 19.1 Å². The zero-order valence-corrected chi connectivity index (χ0v) is 10.8. The van der Waals surface area contributed by atoms with Gasteiger partial charge in [0.05, 0.1) is 18.1 Å². The predicted molar refractivity (Wildman–Crippen MR) is 64.4 cm³/mol. The van der Waals surface area contributed by atoms with Gasteiger partial charge < -0.3 is 10.4 Å². The minimum Gasteiger partial charge on any atom is -0.386 e. The summed E-state index contributed by atoms with van der Waals surface area (Å²) >= 11 is 3.24. The average molecular weight is 321 g/mol. The Kier molecular flexibility index (Phi) is 4.20. The van der Waals surface area contributed by atoms with Gasteiger partial charge in [0.2, 0.25) is 0 Å². The Labute approximate surface area is 110 Å². The van der Waals surface area contributed by atoms with Gasteiger partial charge in [-0.25, -0.2) is 18.7 Å². The van der Waals surface area contributed by atoms with E-state index in [9.17, 15) is 8.78 Å². The molecule has 18 heavy (non-hydrogen) atoms. The fourth-order valence-electron chi connectivity index (χ4n) is 1.48. The molecule has 0 aliphatic rings. The molecule has 0 amide bonds. The molecule has 5 nitrogen and oxygen atoms in total. The van der Waals surface area contributed by atoms with Crippen molar-refractivity contribution in [1.29, 1.82) is 0 Å². The number of halogens is 3. The molecular weight excluding hydrogens is 310 g/mol. The Hall–Kier alpha value is -1.12. The fourth-order valence-corrected chi connectivity index (χ4v) is 1.79. The highest BCUT2D eigenvalue weighted by molar-refractivity contribution is 9.10. The summed E-state index contributed by atoms with van der Waals surface area (Å²) in [4.78, 5) is 8.15. The molecule has 1 atom stereocenters. The number of rotatable bonds is 5. The number of nitrogens with one attached hydrogen (secondary N) is 1. The highest BCUT2D eigenvalue weighted by Gasteiger charge is 2.16. The minimum atomic E-state index is -2.74. The van der Waals surface area contributed by atoms with Gasteiger partial charge in [-0.2, -0.15) is 0 Å². The maximum Gasteiger partial charge on any atom is 0.265 e. The van der Waals surface area contributed by atoms with Gasteiger partial charge in [0.15, 0.2) is 5.65 Å². The van der Waals surface area contributed by atoms with Crippen molar-refractivity contribution < 1.29 is 13.9 Å². The van der Waals surface area contributed by atoms with Crippen molar-refractivity contribution in [3.8, 4) is 0 Å². The summed E-state index contributed by atoms with van der Waals surface area (Å²) in [5.74, 6) is 0. The van der Waals surface area contributed by atoms with Crippen molar-refractivity contribution in [2.24, 2.45) is 0 Å². The number of fused-ring (bicyclic) bond motifs is 1. The number of alkyl halides is 2. The van der Waals surface area contributed by atoms with Crippen LogP contribution in [0.15, 0.2) is 23.2 Å². The Balaban J connectivity index is 2.01. The molecule has 1 unspecified atom stereocenters. The van der Waals surface area contributed by atoms with Gasteiger partial charge in [-0.3, -0.25) is 4.40 Å². The van der Waals surface area contributed by atoms with Crippen molar-refractivity contribution >= 4 is 21.6 Å². The molecule has 0 aliphatic heterocycles. The van der Waals surface area contributed by atoms with E-state index >= 15 is 0 Å². The molecule has 0 saturated heterocycles. The van der Waals surface area contributed by atoms with Crippen LogP contribution in [-0.4, -0.2) is 38.5 Å². The summed E-state index contributed by atoms with van der Waals surface area (Å²) in [5.41, 5.74) is 1.47. The predicted octanol–water partition coefficient (Wildman–Crippen LogP) is 1.21. The second-order valence-electron chi connectivity index (χ2n) is 3.72. The van der Waals surface area contributed by atoms with Crippen LogP contribution < -0.4 is 5.32 Å². The van der Waals surface area contributed by atoms with Crippen LogP contribution in [-0.2, 0) is 6.54 Å². The molecule has 8 heteroatoms. The topological polar surface area (TPSA) is 62.5 Å². The summed E-state index contributed by atoms with van der Waals surface area (Å²) in [6, 6.07) is 0. The third-order valence-electron chi connectivity index (χ3n) is 2.39. The lowest BCUT2D eigenvalue weighted by Crippen LogP contribution is -2.31. The van der Waals surface area contributed by atoms with Crippen LogP contribution in [0.3, 0.4) is 0 Å². The van der Waals surface area contributed by atoms with E-state index in [4.69, 9.17) is 5.11 Å². The first-order valence-electron chi connectivity index (χ1n) is 5.22. The molecule has 0 bridgehead atoms. The molecule has 2 aromatic rings. The molecular formula is C10H11BrF2N4O. The van der Waals surface area contributed by atoms with Crippen molar-refractivity contribution in [3.05, 3.63) is 28.9 Å². The molecule has 0 aromatic carbocycles. The molecule has 2 aromatic heterocycles. The fraction of sp³-hybridized carbons (Fsp3) is 0.400.